The highest BCUT2D eigenvalue weighted by atomic mass is 16.5. The quantitative estimate of drug-likeness (QED) is 0.684. The second kappa shape index (κ2) is 8.66. The van der Waals surface area contributed by atoms with Crippen LogP contribution in [0.15, 0.2) is 70.9 Å². The number of ether oxygens (including phenoxy) is 2. The molecule has 0 saturated heterocycles. The highest BCUT2D eigenvalue weighted by molar-refractivity contribution is 6.08. The molecule has 2 atom stereocenters. The van der Waals surface area contributed by atoms with Crippen molar-refractivity contribution in [3.63, 3.8) is 0 Å². The number of carbonyl (C=O) groups excluding carboxylic acids is 2. The van der Waals surface area contributed by atoms with E-state index in [0.29, 0.717) is 17.7 Å². The highest BCUT2D eigenvalue weighted by Crippen LogP contribution is 2.43. The Morgan fingerprint density at radius 2 is 1.80 bits per heavy atom. The molecule has 1 aliphatic heterocycles. The van der Waals surface area contributed by atoms with Gasteiger partial charge in [-0.05, 0) is 43.0 Å². The van der Waals surface area contributed by atoms with Gasteiger partial charge in [0, 0.05) is 29.3 Å². The van der Waals surface area contributed by atoms with Crippen LogP contribution in [0.2, 0.25) is 0 Å². The average Bonchev–Trinajstić information content (AvgIpc) is 2.77. The van der Waals surface area contributed by atoms with Crippen molar-refractivity contribution in [2.45, 2.75) is 38.7 Å². The number of nitrogens with zero attached hydrogens (tertiary/aromatic N) is 1. The zero-order valence-electron chi connectivity index (χ0n) is 17.3. The van der Waals surface area contributed by atoms with Crippen molar-refractivity contribution < 1.29 is 19.1 Å². The molecule has 1 heterocycles. The second-order valence-corrected chi connectivity index (χ2v) is 7.71. The second-order valence-electron chi connectivity index (χ2n) is 7.71. The van der Waals surface area contributed by atoms with Crippen LogP contribution in [0.3, 0.4) is 0 Å². The summed E-state index contributed by atoms with van der Waals surface area (Å²) in [6, 6.07) is 17.1. The lowest BCUT2D eigenvalue weighted by atomic mass is 9.72. The minimum absolute atomic E-state index is 0.0779. The van der Waals surface area contributed by atoms with Gasteiger partial charge in [0.25, 0.3) is 0 Å². The van der Waals surface area contributed by atoms with Crippen LogP contribution in [0.1, 0.15) is 43.2 Å². The molecule has 1 unspecified atom stereocenters. The molecule has 0 saturated carbocycles. The zero-order chi connectivity index (χ0) is 21.1. The first-order chi connectivity index (χ1) is 14.6. The normalized spacial score (nSPS) is 21.0. The molecule has 0 N–H and O–H groups in total. The summed E-state index contributed by atoms with van der Waals surface area (Å²) >= 11 is 0. The standard InChI is InChI=1S/C25H25NO4/c1-16-22(25(28)30-15-17-7-4-3-5-8-17)23(18-11-13-19(29-2)14-12-18)24-20(26-16)9-6-10-21(24)27/h3-5,7-8,11-14,22-23H,6,9-10,15H2,1-2H3/t22?,23-/m0/s1. The van der Waals surface area contributed by atoms with E-state index < -0.39 is 5.92 Å². The molecular weight excluding hydrogens is 378 g/mol. The van der Waals surface area contributed by atoms with E-state index in [0.717, 1.165) is 35.4 Å². The number of benzene rings is 2. The maximum atomic E-state index is 13.2. The van der Waals surface area contributed by atoms with Gasteiger partial charge in [-0.2, -0.15) is 0 Å². The third-order valence-corrected chi connectivity index (χ3v) is 5.79. The number of aliphatic imine (C=N–C) groups is 1. The van der Waals surface area contributed by atoms with Crippen LogP contribution in [-0.4, -0.2) is 24.6 Å². The molecule has 1 aliphatic carbocycles. The molecule has 154 valence electrons. The van der Waals surface area contributed by atoms with E-state index in [2.05, 4.69) is 4.99 Å². The SMILES string of the molecule is COc1ccc([C@@H]2C3=C(CCCC3=O)N=C(C)C2C(=O)OCc2ccccc2)cc1. The van der Waals surface area contributed by atoms with Crippen molar-refractivity contribution in [1.82, 2.24) is 0 Å². The van der Waals surface area contributed by atoms with Crippen molar-refractivity contribution in [2.24, 2.45) is 10.9 Å². The lowest BCUT2D eigenvalue weighted by Crippen LogP contribution is -2.37. The van der Waals surface area contributed by atoms with Gasteiger partial charge in [0.1, 0.15) is 18.3 Å². The van der Waals surface area contributed by atoms with Gasteiger partial charge < -0.3 is 9.47 Å². The third kappa shape index (κ3) is 3.92. The van der Waals surface area contributed by atoms with Crippen molar-refractivity contribution >= 4 is 17.5 Å². The first-order valence-corrected chi connectivity index (χ1v) is 10.2. The largest absolute Gasteiger partial charge is 0.497 e. The van der Waals surface area contributed by atoms with E-state index in [1.54, 1.807) is 7.11 Å². The Morgan fingerprint density at radius 1 is 1.07 bits per heavy atom. The van der Waals surface area contributed by atoms with Crippen LogP contribution in [0.5, 0.6) is 5.75 Å². The predicted molar refractivity (Wildman–Crippen MR) is 114 cm³/mol. The molecule has 0 aromatic heterocycles. The average molecular weight is 403 g/mol. The van der Waals surface area contributed by atoms with Crippen LogP contribution < -0.4 is 4.74 Å². The summed E-state index contributed by atoms with van der Waals surface area (Å²) in [6.07, 6.45) is 2.05. The fraction of sp³-hybridized carbons (Fsp3) is 0.320. The Balaban J connectivity index is 1.69. The molecule has 5 heteroatoms. The van der Waals surface area contributed by atoms with E-state index in [-0.39, 0.29) is 24.3 Å². The summed E-state index contributed by atoms with van der Waals surface area (Å²) in [6.45, 7) is 2.05. The summed E-state index contributed by atoms with van der Waals surface area (Å²) in [5.41, 5.74) is 4.00. The van der Waals surface area contributed by atoms with Crippen molar-refractivity contribution in [2.75, 3.05) is 7.11 Å². The van der Waals surface area contributed by atoms with Gasteiger partial charge in [-0.15, -0.1) is 0 Å². The first kappa shape index (κ1) is 20.1. The van der Waals surface area contributed by atoms with Crippen molar-refractivity contribution in [1.29, 1.82) is 0 Å². The van der Waals surface area contributed by atoms with Crippen molar-refractivity contribution in [3.05, 3.63) is 77.0 Å². The molecule has 0 bridgehead atoms. The first-order valence-electron chi connectivity index (χ1n) is 10.2. The van der Waals surface area contributed by atoms with Gasteiger partial charge in [0.15, 0.2) is 5.78 Å². The van der Waals surface area contributed by atoms with E-state index in [4.69, 9.17) is 9.47 Å². The van der Waals surface area contributed by atoms with E-state index in [1.165, 1.54) is 0 Å². The minimum Gasteiger partial charge on any atom is -0.497 e. The van der Waals surface area contributed by atoms with Gasteiger partial charge in [0.2, 0.25) is 0 Å². The molecule has 0 amide bonds. The molecule has 2 aliphatic rings. The molecule has 2 aromatic rings. The number of esters is 1. The molecule has 0 radical (unpaired) electrons. The number of hydrogen-bond donors (Lipinski definition) is 0. The molecule has 2 aromatic carbocycles. The van der Waals surface area contributed by atoms with Crippen LogP contribution in [0.25, 0.3) is 0 Å². The van der Waals surface area contributed by atoms with E-state index >= 15 is 0 Å². The maximum Gasteiger partial charge on any atom is 0.315 e. The number of allylic oxidation sites excluding steroid dienone is 2. The van der Waals surface area contributed by atoms with Crippen LogP contribution in [0.4, 0.5) is 0 Å². The summed E-state index contributed by atoms with van der Waals surface area (Å²) in [7, 11) is 1.61. The van der Waals surface area contributed by atoms with Crippen molar-refractivity contribution in [3.8, 4) is 5.75 Å². The van der Waals surface area contributed by atoms with E-state index in [1.807, 2.05) is 61.5 Å². The molecule has 4 rings (SSSR count). The Morgan fingerprint density at radius 3 is 2.50 bits per heavy atom. The summed E-state index contributed by atoms with van der Waals surface area (Å²) in [5.74, 6) is -0.560. The number of ketones is 1. The summed E-state index contributed by atoms with van der Waals surface area (Å²) in [4.78, 5) is 30.8. The van der Waals surface area contributed by atoms with Crippen LogP contribution in [-0.2, 0) is 20.9 Å². The lowest BCUT2D eigenvalue weighted by Gasteiger charge is -2.34. The maximum absolute atomic E-state index is 13.2. The minimum atomic E-state index is -0.622. The monoisotopic (exact) mass is 403 g/mol. The smallest absolute Gasteiger partial charge is 0.315 e. The van der Waals surface area contributed by atoms with Gasteiger partial charge >= 0.3 is 5.97 Å². The lowest BCUT2D eigenvalue weighted by molar-refractivity contribution is -0.148. The predicted octanol–water partition coefficient (Wildman–Crippen LogP) is 4.62. The number of hydrogen-bond acceptors (Lipinski definition) is 5. The molecule has 0 fully saturated rings. The molecular formula is C25H25NO4. The Hall–Kier alpha value is -3.21. The zero-order valence-corrected chi connectivity index (χ0v) is 17.3. The Kier molecular flexibility index (Phi) is 5.79. The number of Topliss-reactive ketones (excluding diaryl/α,β-unsaturated/α-hetero) is 1. The van der Waals surface area contributed by atoms with Gasteiger partial charge in [-0.25, -0.2) is 0 Å². The van der Waals surface area contributed by atoms with Gasteiger partial charge in [-0.3, -0.25) is 14.6 Å². The van der Waals surface area contributed by atoms with Gasteiger partial charge in [-0.1, -0.05) is 42.5 Å². The van der Waals surface area contributed by atoms with Crippen LogP contribution >= 0.6 is 0 Å². The highest BCUT2D eigenvalue weighted by Gasteiger charge is 2.43. The van der Waals surface area contributed by atoms with Crippen LogP contribution in [0, 0.1) is 5.92 Å². The number of rotatable bonds is 5. The van der Waals surface area contributed by atoms with Gasteiger partial charge in [0.05, 0.1) is 7.11 Å². The molecule has 0 spiro atoms. The molecule has 30 heavy (non-hydrogen) atoms. The fourth-order valence-electron chi connectivity index (χ4n) is 4.30. The Labute approximate surface area is 176 Å². The fourth-order valence-corrected chi connectivity index (χ4v) is 4.30. The number of carbonyl (C=O) groups is 2. The van der Waals surface area contributed by atoms with E-state index in [9.17, 15) is 9.59 Å². The Bertz CT molecular complexity index is 1010. The summed E-state index contributed by atoms with van der Waals surface area (Å²) < 4.78 is 10.9. The number of methoxy groups -OCH3 is 1. The third-order valence-electron chi connectivity index (χ3n) is 5.79. The topological polar surface area (TPSA) is 65.0 Å². The molecule has 5 nitrogen and oxygen atoms in total. The summed E-state index contributed by atoms with van der Waals surface area (Å²) in [5, 5.41) is 0.